The summed E-state index contributed by atoms with van der Waals surface area (Å²) in [6.07, 6.45) is 9.18. The number of hydrogen-bond acceptors (Lipinski definition) is 3. The topological polar surface area (TPSA) is 47.1 Å². The van der Waals surface area contributed by atoms with Gasteiger partial charge >= 0.3 is 0 Å². The van der Waals surface area contributed by atoms with Crippen LogP contribution < -0.4 is 5.73 Å². The fourth-order valence-corrected chi connectivity index (χ4v) is 2.86. The van der Waals surface area contributed by atoms with Gasteiger partial charge in [-0.05, 0) is 44.7 Å². The Hall–Kier alpha value is -0.580. The Labute approximate surface area is 122 Å². The van der Waals surface area contributed by atoms with Crippen molar-refractivity contribution in [2.75, 3.05) is 19.6 Å². The highest BCUT2D eigenvalue weighted by molar-refractivity contribution is 5.85. The molecule has 5 heteroatoms. The van der Waals surface area contributed by atoms with Crippen LogP contribution in [0.3, 0.4) is 0 Å². The van der Waals surface area contributed by atoms with Crippen molar-refractivity contribution in [1.29, 1.82) is 0 Å². The lowest BCUT2D eigenvalue weighted by atomic mass is 9.95. The molecule has 4 nitrogen and oxygen atoms in total. The highest BCUT2D eigenvalue weighted by Gasteiger charge is 2.19. The second kappa shape index (κ2) is 8.56. The summed E-state index contributed by atoms with van der Waals surface area (Å²) in [4.78, 5) is 2.55. The van der Waals surface area contributed by atoms with E-state index in [1.54, 1.807) is 0 Å². The molecule has 1 fully saturated rings. The maximum atomic E-state index is 5.66. The Balaban J connectivity index is 0.00000180. The number of halogens is 1. The van der Waals surface area contributed by atoms with E-state index in [0.29, 0.717) is 0 Å². The van der Waals surface area contributed by atoms with Crippen LogP contribution in [-0.2, 0) is 13.1 Å². The largest absolute Gasteiger partial charge is 0.330 e. The second-order valence-electron chi connectivity index (χ2n) is 5.43. The summed E-state index contributed by atoms with van der Waals surface area (Å²) in [7, 11) is 0. The first-order chi connectivity index (χ1) is 8.81. The molecule has 0 aromatic carbocycles. The SMILES string of the molecule is CCCn1cc(CN2CCCC(CCN)C2)cn1.Cl. The van der Waals surface area contributed by atoms with E-state index in [0.717, 1.165) is 32.0 Å². The standard InChI is InChI=1S/C14H26N4.ClH/c1-2-7-18-12-14(9-16-18)11-17-8-3-4-13(10-17)5-6-15;/h9,12-13H,2-8,10-11,15H2,1H3;1H. The maximum absolute atomic E-state index is 5.66. The minimum absolute atomic E-state index is 0. The average molecular weight is 287 g/mol. The summed E-state index contributed by atoms with van der Waals surface area (Å²) in [6, 6.07) is 0. The summed E-state index contributed by atoms with van der Waals surface area (Å²) in [5.41, 5.74) is 7.01. The molecule has 0 spiro atoms. The summed E-state index contributed by atoms with van der Waals surface area (Å²) in [5.74, 6) is 0.800. The summed E-state index contributed by atoms with van der Waals surface area (Å²) >= 11 is 0. The van der Waals surface area contributed by atoms with Gasteiger partial charge in [0.05, 0.1) is 6.20 Å². The van der Waals surface area contributed by atoms with Gasteiger partial charge in [-0.15, -0.1) is 12.4 Å². The van der Waals surface area contributed by atoms with Crippen molar-refractivity contribution in [2.45, 2.75) is 45.7 Å². The number of aromatic nitrogens is 2. The molecule has 19 heavy (non-hydrogen) atoms. The first kappa shape index (κ1) is 16.5. The minimum atomic E-state index is 0. The number of nitrogens with zero attached hydrogens (tertiary/aromatic N) is 3. The number of aryl methyl sites for hydroxylation is 1. The van der Waals surface area contributed by atoms with Gasteiger partial charge in [-0.1, -0.05) is 6.92 Å². The van der Waals surface area contributed by atoms with Gasteiger partial charge < -0.3 is 5.73 Å². The van der Waals surface area contributed by atoms with E-state index in [-0.39, 0.29) is 12.4 Å². The van der Waals surface area contributed by atoms with E-state index in [9.17, 15) is 0 Å². The fourth-order valence-electron chi connectivity index (χ4n) is 2.86. The molecule has 2 rings (SSSR count). The van der Waals surface area contributed by atoms with Crippen molar-refractivity contribution < 1.29 is 0 Å². The van der Waals surface area contributed by atoms with Crippen LogP contribution in [0.5, 0.6) is 0 Å². The van der Waals surface area contributed by atoms with E-state index < -0.39 is 0 Å². The third-order valence-electron chi connectivity index (χ3n) is 3.72. The predicted molar refractivity (Wildman–Crippen MR) is 81.4 cm³/mol. The molecule has 1 atom stereocenters. The molecule has 2 N–H and O–H groups in total. The van der Waals surface area contributed by atoms with Crippen molar-refractivity contribution in [1.82, 2.24) is 14.7 Å². The van der Waals surface area contributed by atoms with Crippen molar-refractivity contribution in [2.24, 2.45) is 11.7 Å². The number of rotatable bonds is 6. The maximum Gasteiger partial charge on any atom is 0.0534 e. The molecule has 1 aromatic heterocycles. The zero-order valence-electron chi connectivity index (χ0n) is 11.9. The third kappa shape index (κ3) is 5.13. The lowest BCUT2D eigenvalue weighted by Crippen LogP contribution is -2.35. The van der Waals surface area contributed by atoms with E-state index in [2.05, 4.69) is 27.8 Å². The van der Waals surface area contributed by atoms with Gasteiger partial charge in [-0.3, -0.25) is 9.58 Å². The highest BCUT2D eigenvalue weighted by Crippen LogP contribution is 2.20. The first-order valence-electron chi connectivity index (χ1n) is 7.25. The minimum Gasteiger partial charge on any atom is -0.330 e. The zero-order valence-corrected chi connectivity index (χ0v) is 12.7. The summed E-state index contributed by atoms with van der Waals surface area (Å²) < 4.78 is 2.05. The third-order valence-corrected chi connectivity index (χ3v) is 3.72. The van der Waals surface area contributed by atoms with Gasteiger partial charge in [0.25, 0.3) is 0 Å². The zero-order chi connectivity index (χ0) is 12.8. The van der Waals surface area contributed by atoms with E-state index in [1.807, 2.05) is 6.20 Å². The molecule has 110 valence electrons. The van der Waals surface area contributed by atoms with Gasteiger partial charge in [0.2, 0.25) is 0 Å². The molecule has 1 aliphatic heterocycles. The molecule has 1 aromatic rings. The van der Waals surface area contributed by atoms with Gasteiger partial charge in [-0.25, -0.2) is 0 Å². The highest BCUT2D eigenvalue weighted by atomic mass is 35.5. The van der Waals surface area contributed by atoms with Crippen molar-refractivity contribution >= 4 is 12.4 Å². The van der Waals surface area contributed by atoms with Gasteiger partial charge in [-0.2, -0.15) is 5.10 Å². The van der Waals surface area contributed by atoms with Crippen LogP contribution >= 0.6 is 12.4 Å². The quantitative estimate of drug-likeness (QED) is 0.873. The first-order valence-corrected chi connectivity index (χ1v) is 7.25. The van der Waals surface area contributed by atoms with E-state index in [4.69, 9.17) is 5.73 Å². The molecule has 0 aliphatic carbocycles. The lowest BCUT2D eigenvalue weighted by molar-refractivity contribution is 0.163. The fraction of sp³-hybridized carbons (Fsp3) is 0.786. The number of piperidine rings is 1. The molecule has 1 aliphatic rings. The second-order valence-corrected chi connectivity index (χ2v) is 5.43. The Morgan fingerprint density at radius 1 is 1.47 bits per heavy atom. The van der Waals surface area contributed by atoms with Crippen molar-refractivity contribution in [3.8, 4) is 0 Å². The smallest absolute Gasteiger partial charge is 0.0534 e. The van der Waals surface area contributed by atoms with Crippen LogP contribution in [-0.4, -0.2) is 34.3 Å². The molecule has 0 amide bonds. The predicted octanol–water partition coefficient (Wildman–Crippen LogP) is 2.28. The molecular formula is C14H27ClN4. The normalized spacial score (nSPS) is 20.2. The van der Waals surface area contributed by atoms with Crippen LogP contribution in [0.1, 0.15) is 38.2 Å². The monoisotopic (exact) mass is 286 g/mol. The van der Waals surface area contributed by atoms with Crippen LogP contribution in [0.15, 0.2) is 12.4 Å². The van der Waals surface area contributed by atoms with E-state index in [1.165, 1.54) is 37.9 Å². The molecule has 0 saturated carbocycles. The Kier molecular flexibility index (Phi) is 7.42. The summed E-state index contributed by atoms with van der Waals surface area (Å²) in [5, 5.41) is 4.40. The van der Waals surface area contributed by atoms with Gasteiger partial charge in [0.15, 0.2) is 0 Å². The summed E-state index contributed by atoms with van der Waals surface area (Å²) in [6.45, 7) is 7.51. The van der Waals surface area contributed by atoms with E-state index >= 15 is 0 Å². The van der Waals surface area contributed by atoms with Crippen LogP contribution in [0.4, 0.5) is 0 Å². The molecule has 2 heterocycles. The van der Waals surface area contributed by atoms with Crippen LogP contribution in [0.2, 0.25) is 0 Å². The Morgan fingerprint density at radius 2 is 2.32 bits per heavy atom. The lowest BCUT2D eigenvalue weighted by Gasteiger charge is -2.32. The molecule has 0 radical (unpaired) electrons. The Morgan fingerprint density at radius 3 is 3.05 bits per heavy atom. The molecule has 1 unspecified atom stereocenters. The molecular weight excluding hydrogens is 260 g/mol. The number of nitrogens with two attached hydrogens (primary N) is 1. The van der Waals surface area contributed by atoms with Crippen LogP contribution in [0.25, 0.3) is 0 Å². The Bertz CT molecular complexity index is 351. The molecule has 0 bridgehead atoms. The molecule has 1 saturated heterocycles. The van der Waals surface area contributed by atoms with Crippen molar-refractivity contribution in [3.63, 3.8) is 0 Å². The van der Waals surface area contributed by atoms with Crippen LogP contribution in [0, 0.1) is 5.92 Å². The number of hydrogen-bond donors (Lipinski definition) is 1. The average Bonchev–Trinajstić information content (AvgIpc) is 2.78. The number of likely N-dealkylation sites (tertiary alicyclic amines) is 1. The van der Waals surface area contributed by atoms with Gasteiger partial charge in [0, 0.05) is 31.4 Å². The van der Waals surface area contributed by atoms with Crippen molar-refractivity contribution in [3.05, 3.63) is 18.0 Å². The van der Waals surface area contributed by atoms with Gasteiger partial charge in [0.1, 0.15) is 0 Å².